The normalized spacial score (nSPS) is 12.2. The number of carbonyl (C=O) groups is 3. The number of nitrogens with one attached hydrogen (secondary N) is 1. The topological polar surface area (TPSA) is 153 Å². The van der Waals surface area contributed by atoms with Crippen LogP contribution >= 0.6 is 0 Å². The van der Waals surface area contributed by atoms with E-state index < -0.39 is 29.0 Å². The number of ether oxygens (including phenoxy) is 3. The minimum absolute atomic E-state index is 0.333. The summed E-state index contributed by atoms with van der Waals surface area (Å²) >= 11 is 0. The highest BCUT2D eigenvalue weighted by molar-refractivity contribution is 5.69. The predicted octanol–water partition coefficient (Wildman–Crippen LogP) is 4.55. The van der Waals surface area contributed by atoms with Gasteiger partial charge in [-0.3, -0.25) is 0 Å². The van der Waals surface area contributed by atoms with Gasteiger partial charge in [0.1, 0.15) is 16.8 Å². The molecule has 254 valence electrons. The second kappa shape index (κ2) is 20.6. The van der Waals surface area contributed by atoms with Crippen LogP contribution in [0, 0.1) is 0 Å². The molecule has 0 aliphatic carbocycles. The third-order valence-corrected chi connectivity index (χ3v) is 5.94. The third-order valence-electron chi connectivity index (χ3n) is 5.94. The summed E-state index contributed by atoms with van der Waals surface area (Å²) < 4.78 is 16.6. The number of alkyl carbamates (subject to hydrolysis) is 1. The van der Waals surface area contributed by atoms with Gasteiger partial charge in [0, 0.05) is 32.7 Å². The maximum atomic E-state index is 13.0. The van der Waals surface area contributed by atoms with E-state index >= 15 is 0 Å². The second-order valence-corrected chi connectivity index (χ2v) is 13.9. The minimum atomic E-state index is -0.625. The van der Waals surface area contributed by atoms with E-state index in [2.05, 4.69) is 10.2 Å². The Bertz CT molecular complexity index is 783. The van der Waals surface area contributed by atoms with Gasteiger partial charge in [0.15, 0.2) is 0 Å². The third kappa shape index (κ3) is 23.8. The molecule has 0 fully saturated rings. The fraction of sp³-hybridized carbons (Fsp3) is 0.903. The summed E-state index contributed by atoms with van der Waals surface area (Å²) in [5.74, 6) is 0. The van der Waals surface area contributed by atoms with Crippen molar-refractivity contribution in [3.8, 4) is 0 Å². The minimum Gasteiger partial charge on any atom is -0.444 e. The van der Waals surface area contributed by atoms with Crippen LogP contribution in [0.2, 0.25) is 0 Å². The first kappa shape index (κ1) is 40.7. The van der Waals surface area contributed by atoms with E-state index in [1.54, 1.807) is 9.80 Å². The van der Waals surface area contributed by atoms with Crippen molar-refractivity contribution < 1.29 is 28.6 Å². The van der Waals surface area contributed by atoms with Crippen LogP contribution in [0.15, 0.2) is 0 Å². The molecule has 0 aromatic rings. The first-order valence-corrected chi connectivity index (χ1v) is 15.9. The zero-order chi connectivity index (χ0) is 33.1. The molecule has 12 nitrogen and oxygen atoms in total. The average molecular weight is 617 g/mol. The van der Waals surface area contributed by atoms with Gasteiger partial charge in [-0.15, -0.1) is 0 Å². The summed E-state index contributed by atoms with van der Waals surface area (Å²) in [7, 11) is 0. The molecule has 0 bridgehead atoms. The zero-order valence-electron chi connectivity index (χ0n) is 28.8. The molecule has 0 unspecified atom stereocenters. The van der Waals surface area contributed by atoms with Gasteiger partial charge < -0.3 is 45.7 Å². The molecule has 3 amide bonds. The summed E-state index contributed by atoms with van der Waals surface area (Å²) in [5.41, 5.74) is 9.63. The number of carbonyl (C=O) groups excluding carboxylic acids is 3. The second-order valence-electron chi connectivity index (χ2n) is 13.9. The molecule has 0 aromatic heterocycles. The lowest BCUT2D eigenvalue weighted by Crippen LogP contribution is -2.41. The van der Waals surface area contributed by atoms with Crippen LogP contribution in [-0.2, 0) is 14.2 Å². The van der Waals surface area contributed by atoms with Crippen molar-refractivity contribution >= 4 is 18.3 Å². The fourth-order valence-electron chi connectivity index (χ4n) is 4.07. The Labute approximate surface area is 261 Å². The molecule has 0 saturated carbocycles. The van der Waals surface area contributed by atoms with Gasteiger partial charge in [-0.05, 0) is 134 Å². The summed E-state index contributed by atoms with van der Waals surface area (Å²) in [6.07, 6.45) is 3.35. The fourth-order valence-corrected chi connectivity index (χ4v) is 4.07. The van der Waals surface area contributed by atoms with Gasteiger partial charge in [0.2, 0.25) is 0 Å². The Morgan fingerprint density at radius 3 is 1.30 bits per heavy atom. The van der Waals surface area contributed by atoms with Gasteiger partial charge in [-0.25, -0.2) is 14.4 Å². The van der Waals surface area contributed by atoms with Crippen molar-refractivity contribution in [3.05, 3.63) is 0 Å². The summed E-state index contributed by atoms with van der Waals surface area (Å²) in [6, 6.07) is 0. The number of hydrogen-bond acceptors (Lipinski definition) is 9. The number of hydrogen-bond donors (Lipinski definition) is 3. The van der Waals surface area contributed by atoms with Gasteiger partial charge in [0.25, 0.3) is 0 Å². The van der Waals surface area contributed by atoms with Gasteiger partial charge in [0.05, 0.1) is 0 Å². The van der Waals surface area contributed by atoms with Crippen molar-refractivity contribution in [1.82, 2.24) is 20.0 Å². The molecule has 0 spiro atoms. The van der Waals surface area contributed by atoms with E-state index in [-0.39, 0.29) is 6.09 Å². The van der Waals surface area contributed by atoms with E-state index in [1.165, 1.54) is 0 Å². The lowest BCUT2D eigenvalue weighted by molar-refractivity contribution is 0.0204. The standard InChI is InChI=1S/C31H64N6O6/c1-29(2,3)41-26(38)34-18-14-24-36(27(39)42-30(4,5)6)22-10-11-23-37(28(40)43-31(7,8)9)25-15-21-35(19-12-16-32)20-13-17-33/h10-25,32-33H2,1-9H3,(H,34,38). The Hall–Kier alpha value is -2.31. The van der Waals surface area contributed by atoms with Gasteiger partial charge in [-0.1, -0.05) is 0 Å². The maximum absolute atomic E-state index is 13.0. The SMILES string of the molecule is CC(C)(C)OC(=O)NCCCN(CCCCN(CCCN(CCCN)CCCN)C(=O)OC(C)(C)C)C(=O)OC(C)(C)C. The van der Waals surface area contributed by atoms with E-state index in [1.807, 2.05) is 62.3 Å². The lowest BCUT2D eigenvalue weighted by Gasteiger charge is -2.30. The Morgan fingerprint density at radius 2 is 0.907 bits per heavy atom. The van der Waals surface area contributed by atoms with Crippen molar-refractivity contribution in [3.63, 3.8) is 0 Å². The highest BCUT2D eigenvalue weighted by atomic mass is 16.6. The quantitative estimate of drug-likeness (QED) is 0.140. The molecule has 0 rings (SSSR count). The predicted molar refractivity (Wildman–Crippen MR) is 172 cm³/mol. The molecular formula is C31H64N6O6. The average Bonchev–Trinajstić information content (AvgIpc) is 2.84. The molecule has 43 heavy (non-hydrogen) atoms. The van der Waals surface area contributed by atoms with E-state index in [9.17, 15) is 14.4 Å². The molecular weight excluding hydrogens is 552 g/mol. The molecule has 0 aliphatic rings. The Balaban J connectivity index is 5.12. The molecule has 0 aromatic carbocycles. The van der Waals surface area contributed by atoms with Crippen LogP contribution in [0.25, 0.3) is 0 Å². The van der Waals surface area contributed by atoms with Crippen LogP contribution in [0.5, 0.6) is 0 Å². The van der Waals surface area contributed by atoms with Crippen molar-refractivity contribution in [2.45, 2.75) is 118 Å². The Kier molecular flexibility index (Phi) is 19.5. The largest absolute Gasteiger partial charge is 0.444 e. The van der Waals surface area contributed by atoms with Crippen LogP contribution in [-0.4, -0.2) is 115 Å². The highest BCUT2D eigenvalue weighted by Gasteiger charge is 2.24. The molecule has 0 atom stereocenters. The highest BCUT2D eigenvalue weighted by Crippen LogP contribution is 2.14. The first-order chi connectivity index (χ1) is 19.9. The van der Waals surface area contributed by atoms with Crippen molar-refractivity contribution in [2.24, 2.45) is 11.5 Å². The first-order valence-electron chi connectivity index (χ1n) is 15.9. The monoisotopic (exact) mass is 616 g/mol. The van der Waals surface area contributed by atoms with Crippen LogP contribution < -0.4 is 16.8 Å². The Morgan fingerprint density at radius 1 is 0.535 bits per heavy atom. The number of nitrogens with zero attached hydrogens (tertiary/aromatic N) is 3. The number of amides is 3. The van der Waals surface area contributed by atoms with Crippen LogP contribution in [0.1, 0.15) is 101 Å². The summed E-state index contributed by atoms with van der Waals surface area (Å²) in [5, 5.41) is 2.73. The number of rotatable bonds is 19. The summed E-state index contributed by atoms with van der Waals surface area (Å²) in [4.78, 5) is 43.6. The van der Waals surface area contributed by atoms with E-state index in [0.717, 1.165) is 38.9 Å². The van der Waals surface area contributed by atoms with Crippen LogP contribution in [0.4, 0.5) is 14.4 Å². The van der Waals surface area contributed by atoms with Gasteiger partial charge >= 0.3 is 18.3 Å². The molecule has 0 saturated heterocycles. The van der Waals surface area contributed by atoms with E-state index in [0.29, 0.717) is 65.1 Å². The van der Waals surface area contributed by atoms with Crippen LogP contribution in [0.3, 0.4) is 0 Å². The number of unbranched alkanes of at least 4 members (excludes halogenated alkanes) is 1. The molecule has 5 N–H and O–H groups in total. The van der Waals surface area contributed by atoms with Gasteiger partial charge in [-0.2, -0.15) is 0 Å². The van der Waals surface area contributed by atoms with Crippen molar-refractivity contribution in [2.75, 3.05) is 65.4 Å². The zero-order valence-corrected chi connectivity index (χ0v) is 28.8. The molecule has 0 radical (unpaired) electrons. The molecule has 0 heterocycles. The lowest BCUT2D eigenvalue weighted by atomic mass is 10.2. The summed E-state index contributed by atoms with van der Waals surface area (Å²) in [6.45, 7) is 22.8. The van der Waals surface area contributed by atoms with E-state index in [4.69, 9.17) is 25.7 Å². The maximum Gasteiger partial charge on any atom is 0.410 e. The molecule has 0 aliphatic heterocycles. The smallest absolute Gasteiger partial charge is 0.410 e. The van der Waals surface area contributed by atoms with Crippen molar-refractivity contribution in [1.29, 1.82) is 0 Å². The molecule has 12 heteroatoms. The number of nitrogens with two attached hydrogens (primary N) is 2.